The maximum atomic E-state index is 12.6. The van der Waals surface area contributed by atoms with Gasteiger partial charge in [0.15, 0.2) is 0 Å². The van der Waals surface area contributed by atoms with Gasteiger partial charge in [0.05, 0.1) is 0 Å². The van der Waals surface area contributed by atoms with Gasteiger partial charge in [-0.2, -0.15) is 17.0 Å². The molecule has 5 nitrogen and oxygen atoms in total. The van der Waals surface area contributed by atoms with Gasteiger partial charge in [-0.25, -0.2) is 0 Å². The average Bonchev–Trinajstić information content (AvgIpc) is 2.38. The molecule has 0 amide bonds. The van der Waals surface area contributed by atoms with E-state index in [0.29, 0.717) is 26.2 Å². The molecule has 1 rings (SSSR count). The molecule has 2 atom stereocenters. The van der Waals surface area contributed by atoms with E-state index in [2.05, 4.69) is 0 Å². The number of hydrogen-bond acceptors (Lipinski definition) is 3. The Labute approximate surface area is 118 Å². The van der Waals surface area contributed by atoms with Gasteiger partial charge >= 0.3 is 0 Å². The Bertz CT molecular complexity index is 351. The van der Waals surface area contributed by atoms with Crippen LogP contribution in [0, 0.1) is 5.92 Å². The van der Waals surface area contributed by atoms with Crippen LogP contribution in [0.3, 0.4) is 0 Å². The summed E-state index contributed by atoms with van der Waals surface area (Å²) in [4.78, 5) is 0. The standard InChI is InChI=1S/C13H29N3O2S/c1-4-8-15(9-5-2)19(17,18)16-10-6-7-13(11-16)12(3)14/h12-13H,4-11,14H2,1-3H3. The van der Waals surface area contributed by atoms with Gasteiger partial charge in [-0.15, -0.1) is 0 Å². The van der Waals surface area contributed by atoms with E-state index < -0.39 is 10.2 Å². The Morgan fingerprint density at radius 1 is 1.32 bits per heavy atom. The number of nitrogens with two attached hydrogens (primary N) is 1. The second kappa shape index (κ2) is 7.57. The van der Waals surface area contributed by atoms with Gasteiger partial charge in [0.2, 0.25) is 0 Å². The first-order valence-corrected chi connectivity index (χ1v) is 8.84. The van der Waals surface area contributed by atoms with Crippen LogP contribution >= 0.6 is 0 Å². The lowest BCUT2D eigenvalue weighted by molar-refractivity contribution is 0.227. The normalized spacial score (nSPS) is 23.7. The Morgan fingerprint density at radius 3 is 2.37 bits per heavy atom. The third-order valence-corrected chi connectivity index (χ3v) is 5.76. The van der Waals surface area contributed by atoms with Crippen molar-refractivity contribution in [2.75, 3.05) is 26.2 Å². The predicted octanol–water partition coefficient (Wildman–Crippen LogP) is 1.41. The molecule has 0 aromatic rings. The number of nitrogens with zero attached hydrogens (tertiary/aromatic N) is 2. The van der Waals surface area contributed by atoms with Crippen LogP contribution in [0.1, 0.15) is 46.5 Å². The van der Waals surface area contributed by atoms with Gasteiger partial charge in [-0.05, 0) is 38.5 Å². The van der Waals surface area contributed by atoms with Gasteiger partial charge < -0.3 is 5.73 Å². The SMILES string of the molecule is CCCN(CCC)S(=O)(=O)N1CCCC(C(C)N)C1. The highest BCUT2D eigenvalue weighted by Gasteiger charge is 2.33. The van der Waals surface area contributed by atoms with Crippen LogP contribution in [0.25, 0.3) is 0 Å². The second-order valence-corrected chi connectivity index (χ2v) is 7.45. The molecule has 19 heavy (non-hydrogen) atoms. The lowest BCUT2D eigenvalue weighted by atomic mass is 9.93. The van der Waals surface area contributed by atoms with Crippen molar-refractivity contribution in [1.29, 1.82) is 0 Å². The topological polar surface area (TPSA) is 66.6 Å². The van der Waals surface area contributed by atoms with E-state index in [1.807, 2.05) is 20.8 Å². The van der Waals surface area contributed by atoms with E-state index in [1.165, 1.54) is 0 Å². The van der Waals surface area contributed by atoms with Crippen molar-refractivity contribution in [3.05, 3.63) is 0 Å². The van der Waals surface area contributed by atoms with Crippen molar-refractivity contribution in [2.45, 2.75) is 52.5 Å². The zero-order valence-corrected chi connectivity index (χ0v) is 13.3. The lowest BCUT2D eigenvalue weighted by Gasteiger charge is -2.36. The van der Waals surface area contributed by atoms with E-state index >= 15 is 0 Å². The lowest BCUT2D eigenvalue weighted by Crippen LogP contribution is -2.50. The van der Waals surface area contributed by atoms with Crippen molar-refractivity contribution in [3.8, 4) is 0 Å². The molecule has 1 saturated heterocycles. The van der Waals surface area contributed by atoms with E-state index in [4.69, 9.17) is 5.73 Å². The minimum atomic E-state index is -3.30. The van der Waals surface area contributed by atoms with Crippen molar-refractivity contribution in [2.24, 2.45) is 11.7 Å². The first kappa shape index (κ1) is 16.9. The molecule has 1 aliphatic rings. The Balaban J connectivity index is 2.79. The summed E-state index contributed by atoms with van der Waals surface area (Å²) in [5.74, 6) is 0.286. The van der Waals surface area contributed by atoms with E-state index in [1.54, 1.807) is 8.61 Å². The van der Waals surface area contributed by atoms with Crippen molar-refractivity contribution in [3.63, 3.8) is 0 Å². The molecule has 0 spiro atoms. The molecule has 114 valence electrons. The molecule has 1 aliphatic heterocycles. The third-order valence-electron chi connectivity index (χ3n) is 3.76. The highest BCUT2D eigenvalue weighted by Crippen LogP contribution is 2.23. The molecule has 1 fully saturated rings. The molecular weight excluding hydrogens is 262 g/mol. The fraction of sp³-hybridized carbons (Fsp3) is 1.00. The smallest absolute Gasteiger partial charge is 0.281 e. The molecule has 0 saturated carbocycles. The number of piperidine rings is 1. The zero-order valence-electron chi connectivity index (χ0n) is 12.5. The molecule has 0 aromatic carbocycles. The maximum Gasteiger partial charge on any atom is 0.281 e. The summed E-state index contributed by atoms with van der Waals surface area (Å²) < 4.78 is 28.5. The minimum Gasteiger partial charge on any atom is -0.328 e. The quantitative estimate of drug-likeness (QED) is 0.771. The van der Waals surface area contributed by atoms with Crippen molar-refractivity contribution in [1.82, 2.24) is 8.61 Å². The Kier molecular flexibility index (Phi) is 6.73. The van der Waals surface area contributed by atoms with Crippen LogP contribution in [-0.2, 0) is 10.2 Å². The van der Waals surface area contributed by atoms with Crippen LogP contribution in [-0.4, -0.2) is 49.2 Å². The fourth-order valence-corrected chi connectivity index (χ4v) is 4.51. The van der Waals surface area contributed by atoms with Crippen LogP contribution in [0.2, 0.25) is 0 Å². The summed E-state index contributed by atoms with van der Waals surface area (Å²) in [6.45, 7) is 8.42. The summed E-state index contributed by atoms with van der Waals surface area (Å²) in [6.07, 6.45) is 3.65. The Morgan fingerprint density at radius 2 is 1.89 bits per heavy atom. The summed E-state index contributed by atoms with van der Waals surface area (Å²) in [5, 5.41) is 0. The predicted molar refractivity (Wildman–Crippen MR) is 79.0 cm³/mol. The van der Waals surface area contributed by atoms with E-state index in [-0.39, 0.29) is 12.0 Å². The maximum absolute atomic E-state index is 12.6. The molecular formula is C13H29N3O2S. The number of hydrogen-bond donors (Lipinski definition) is 1. The Hall–Kier alpha value is -0.170. The average molecular weight is 291 g/mol. The van der Waals surface area contributed by atoms with Gasteiger partial charge in [0.25, 0.3) is 10.2 Å². The van der Waals surface area contributed by atoms with Crippen LogP contribution < -0.4 is 5.73 Å². The zero-order chi connectivity index (χ0) is 14.5. The molecule has 2 N–H and O–H groups in total. The summed E-state index contributed by atoms with van der Waals surface area (Å²) in [7, 11) is -3.30. The van der Waals surface area contributed by atoms with E-state index in [9.17, 15) is 8.42 Å². The highest BCUT2D eigenvalue weighted by molar-refractivity contribution is 7.86. The first-order chi connectivity index (χ1) is 8.93. The minimum absolute atomic E-state index is 0.0591. The monoisotopic (exact) mass is 291 g/mol. The summed E-state index contributed by atoms with van der Waals surface area (Å²) >= 11 is 0. The molecule has 0 bridgehead atoms. The largest absolute Gasteiger partial charge is 0.328 e. The number of rotatable bonds is 7. The summed E-state index contributed by atoms with van der Waals surface area (Å²) in [6, 6.07) is 0.0591. The molecule has 2 unspecified atom stereocenters. The molecule has 6 heteroatoms. The van der Waals surface area contributed by atoms with Gasteiger partial charge in [0, 0.05) is 32.2 Å². The van der Waals surface area contributed by atoms with Gasteiger partial charge in [-0.1, -0.05) is 13.8 Å². The highest BCUT2D eigenvalue weighted by atomic mass is 32.2. The van der Waals surface area contributed by atoms with E-state index in [0.717, 1.165) is 25.7 Å². The van der Waals surface area contributed by atoms with Gasteiger partial charge in [0.1, 0.15) is 0 Å². The van der Waals surface area contributed by atoms with Gasteiger partial charge in [-0.3, -0.25) is 0 Å². The van der Waals surface area contributed by atoms with Crippen molar-refractivity contribution < 1.29 is 8.42 Å². The van der Waals surface area contributed by atoms with Crippen LogP contribution in [0.4, 0.5) is 0 Å². The van der Waals surface area contributed by atoms with Crippen LogP contribution in [0.15, 0.2) is 0 Å². The molecule has 0 aliphatic carbocycles. The third kappa shape index (κ3) is 4.41. The molecule has 0 radical (unpaired) electrons. The molecule has 0 aromatic heterocycles. The first-order valence-electron chi connectivity index (χ1n) is 7.44. The molecule has 1 heterocycles. The van der Waals surface area contributed by atoms with Crippen molar-refractivity contribution >= 4 is 10.2 Å². The second-order valence-electron chi connectivity index (χ2n) is 5.53. The fourth-order valence-electron chi connectivity index (χ4n) is 2.62. The summed E-state index contributed by atoms with van der Waals surface area (Å²) in [5.41, 5.74) is 5.93. The van der Waals surface area contributed by atoms with Crippen LogP contribution in [0.5, 0.6) is 0 Å².